The number of anilines is 1. The van der Waals surface area contributed by atoms with Crippen molar-refractivity contribution in [2.24, 2.45) is 0 Å². The summed E-state index contributed by atoms with van der Waals surface area (Å²) < 4.78 is 54.3. The van der Waals surface area contributed by atoms with Crippen LogP contribution >= 0.6 is 23.2 Å². The van der Waals surface area contributed by atoms with Crippen molar-refractivity contribution < 1.29 is 26.4 Å². The first-order valence-electron chi connectivity index (χ1n) is 11.8. The van der Waals surface area contributed by atoms with Gasteiger partial charge in [0.15, 0.2) is 19.7 Å². The Morgan fingerprint density at radius 1 is 1.03 bits per heavy atom. The van der Waals surface area contributed by atoms with Crippen molar-refractivity contribution in [1.82, 2.24) is 4.98 Å². The Labute approximate surface area is 232 Å². The minimum Gasteiger partial charge on any atom is -0.383 e. The van der Waals surface area contributed by atoms with Crippen molar-refractivity contribution in [2.75, 3.05) is 24.8 Å². The number of aromatic nitrogens is 1. The number of ether oxygens (including phenoxy) is 1. The fourth-order valence-corrected chi connectivity index (χ4v) is 7.13. The Hall–Kier alpha value is -2.50. The summed E-state index contributed by atoms with van der Waals surface area (Å²) in [4.78, 5) is 17.6. The molecule has 1 fully saturated rings. The minimum atomic E-state index is -3.42. The van der Waals surface area contributed by atoms with Crippen LogP contribution in [0.3, 0.4) is 0 Å². The molecule has 0 bridgehead atoms. The molecule has 1 saturated carbocycles. The molecule has 1 atom stereocenters. The van der Waals surface area contributed by atoms with Gasteiger partial charge in [0.1, 0.15) is 5.92 Å². The predicted octanol–water partition coefficient (Wildman–Crippen LogP) is 5.15. The van der Waals surface area contributed by atoms with Gasteiger partial charge in [-0.2, -0.15) is 0 Å². The normalized spacial score (nSPS) is 14.7. The molecule has 1 N–H and O–H groups in total. The van der Waals surface area contributed by atoms with Crippen LogP contribution in [0, 0.1) is 0 Å². The van der Waals surface area contributed by atoms with Crippen LogP contribution in [0.2, 0.25) is 10.0 Å². The molecular weight excluding hydrogens is 571 g/mol. The molecule has 38 heavy (non-hydrogen) atoms. The number of amides is 1. The largest absolute Gasteiger partial charge is 0.383 e. The number of nitrogens with one attached hydrogen (secondary N) is 1. The van der Waals surface area contributed by atoms with Crippen molar-refractivity contribution in [3.05, 3.63) is 70.5 Å². The number of benzene rings is 2. The van der Waals surface area contributed by atoms with Crippen molar-refractivity contribution in [3.63, 3.8) is 0 Å². The molecule has 1 unspecified atom stereocenters. The third-order valence-corrected chi connectivity index (χ3v) is 10.8. The Bertz CT molecular complexity index is 1530. The number of carbonyl (C=O) groups is 1. The number of halogens is 2. The lowest BCUT2D eigenvalue weighted by Crippen LogP contribution is -2.25. The van der Waals surface area contributed by atoms with Crippen LogP contribution in [0.5, 0.6) is 0 Å². The van der Waals surface area contributed by atoms with E-state index in [9.17, 15) is 21.6 Å². The van der Waals surface area contributed by atoms with Crippen molar-refractivity contribution in [1.29, 1.82) is 0 Å². The molecule has 0 aliphatic heterocycles. The zero-order valence-corrected chi connectivity index (χ0v) is 23.8. The van der Waals surface area contributed by atoms with Gasteiger partial charge in [-0.3, -0.25) is 9.78 Å². The molecule has 202 valence electrons. The van der Waals surface area contributed by atoms with Gasteiger partial charge in [-0.05, 0) is 54.8 Å². The topological polar surface area (TPSA) is 119 Å². The van der Waals surface area contributed by atoms with E-state index < -0.39 is 31.5 Å². The Balaban J connectivity index is 1.55. The fourth-order valence-electron chi connectivity index (χ4n) is 3.94. The van der Waals surface area contributed by atoms with Crippen LogP contribution in [0.1, 0.15) is 31.4 Å². The number of nitrogens with zero attached hydrogens (tertiary/aromatic N) is 1. The van der Waals surface area contributed by atoms with E-state index in [0.29, 0.717) is 35.3 Å². The van der Waals surface area contributed by atoms with E-state index in [1.54, 1.807) is 43.3 Å². The molecule has 4 rings (SSSR count). The Morgan fingerprint density at radius 3 is 2.13 bits per heavy atom. The van der Waals surface area contributed by atoms with Gasteiger partial charge in [-0.1, -0.05) is 42.3 Å². The number of sulfone groups is 2. The lowest BCUT2D eigenvalue weighted by Gasteiger charge is -2.17. The summed E-state index contributed by atoms with van der Waals surface area (Å²) in [6, 6.07) is 12.4. The highest BCUT2D eigenvalue weighted by atomic mass is 35.5. The molecule has 0 radical (unpaired) electrons. The zero-order valence-electron chi connectivity index (χ0n) is 20.6. The third-order valence-electron chi connectivity index (χ3n) is 6.25. The van der Waals surface area contributed by atoms with Gasteiger partial charge in [0.2, 0.25) is 5.91 Å². The number of carbonyl (C=O) groups excluding carboxylic acids is 1. The summed E-state index contributed by atoms with van der Waals surface area (Å²) in [5.74, 6) is -1.33. The zero-order chi connectivity index (χ0) is 27.7. The van der Waals surface area contributed by atoms with Crippen LogP contribution < -0.4 is 5.32 Å². The van der Waals surface area contributed by atoms with Gasteiger partial charge in [0, 0.05) is 24.6 Å². The predicted molar refractivity (Wildman–Crippen MR) is 147 cm³/mol. The maximum absolute atomic E-state index is 13.1. The summed E-state index contributed by atoms with van der Waals surface area (Å²) in [5.41, 5.74) is 1.82. The standard InChI is InChI=1S/C26H26Cl2N2O6S2/c1-3-37(32,33)20-10-11-24(29-14-20)21(15-36-2)26(31)30-17-12-22(27)25(23(28)13-17)16-4-6-18(7-5-16)38(34,35)19-8-9-19/h4-7,10-14,19,21H,3,8-9,15H2,1-2H3,(H,30,31). The second-order valence-electron chi connectivity index (χ2n) is 8.90. The van der Waals surface area contributed by atoms with Crippen molar-refractivity contribution >= 4 is 54.5 Å². The summed E-state index contributed by atoms with van der Waals surface area (Å²) >= 11 is 13.1. The highest BCUT2D eigenvalue weighted by Gasteiger charge is 2.36. The molecule has 1 heterocycles. The molecule has 8 nitrogen and oxygen atoms in total. The molecule has 1 amide bonds. The average molecular weight is 598 g/mol. The quantitative estimate of drug-likeness (QED) is 0.343. The molecule has 0 saturated heterocycles. The minimum absolute atomic E-state index is 0.00830. The highest BCUT2D eigenvalue weighted by molar-refractivity contribution is 7.92. The average Bonchev–Trinajstić information content (AvgIpc) is 3.74. The van der Waals surface area contributed by atoms with Crippen LogP contribution in [-0.2, 0) is 29.2 Å². The van der Waals surface area contributed by atoms with E-state index >= 15 is 0 Å². The second-order valence-corrected chi connectivity index (χ2v) is 14.2. The van der Waals surface area contributed by atoms with Gasteiger partial charge in [-0.15, -0.1) is 0 Å². The van der Waals surface area contributed by atoms with Crippen LogP contribution in [0.25, 0.3) is 11.1 Å². The number of hydrogen-bond acceptors (Lipinski definition) is 7. The Kier molecular flexibility index (Phi) is 8.49. The van der Waals surface area contributed by atoms with Crippen molar-refractivity contribution in [3.8, 4) is 11.1 Å². The number of pyridine rings is 1. The van der Waals surface area contributed by atoms with Gasteiger partial charge in [-0.25, -0.2) is 16.8 Å². The molecule has 1 aliphatic rings. The first-order valence-corrected chi connectivity index (χ1v) is 15.7. The smallest absolute Gasteiger partial charge is 0.235 e. The van der Waals surface area contributed by atoms with E-state index in [1.165, 1.54) is 25.4 Å². The monoisotopic (exact) mass is 596 g/mol. The maximum atomic E-state index is 13.1. The number of rotatable bonds is 10. The first kappa shape index (κ1) is 28.5. The molecule has 2 aromatic carbocycles. The van der Waals surface area contributed by atoms with Gasteiger partial charge >= 0.3 is 0 Å². The molecule has 12 heteroatoms. The molecule has 0 spiro atoms. The van der Waals surface area contributed by atoms with Crippen LogP contribution in [-0.4, -0.2) is 52.4 Å². The molecule has 3 aromatic rings. The fraction of sp³-hybridized carbons (Fsp3) is 0.308. The molecule has 1 aliphatic carbocycles. The lowest BCUT2D eigenvalue weighted by molar-refractivity contribution is -0.118. The van der Waals surface area contributed by atoms with Gasteiger partial charge in [0.05, 0.1) is 43.1 Å². The molecular formula is C26H26Cl2N2O6S2. The van der Waals surface area contributed by atoms with E-state index in [0.717, 1.165) is 0 Å². The Morgan fingerprint density at radius 2 is 1.63 bits per heavy atom. The maximum Gasteiger partial charge on any atom is 0.235 e. The van der Waals surface area contributed by atoms with E-state index in [1.807, 2.05) is 0 Å². The van der Waals surface area contributed by atoms with Gasteiger partial charge < -0.3 is 10.1 Å². The lowest BCUT2D eigenvalue weighted by atomic mass is 10.0. The molecule has 1 aromatic heterocycles. The third kappa shape index (κ3) is 6.05. The number of methoxy groups -OCH3 is 1. The summed E-state index contributed by atoms with van der Waals surface area (Å²) in [6.07, 6.45) is 2.60. The summed E-state index contributed by atoms with van der Waals surface area (Å²) in [6.45, 7) is 1.55. The first-order chi connectivity index (χ1) is 18.0. The SMILES string of the molecule is CCS(=O)(=O)c1ccc(C(COC)C(=O)Nc2cc(Cl)c(-c3ccc(S(=O)(=O)C4CC4)cc3)c(Cl)c2)nc1. The van der Waals surface area contributed by atoms with E-state index in [2.05, 4.69) is 10.3 Å². The number of hydrogen-bond donors (Lipinski definition) is 1. The summed E-state index contributed by atoms with van der Waals surface area (Å²) in [5, 5.41) is 2.99. The van der Waals surface area contributed by atoms with E-state index in [-0.39, 0.29) is 37.4 Å². The highest BCUT2D eigenvalue weighted by Crippen LogP contribution is 2.39. The van der Waals surface area contributed by atoms with Crippen LogP contribution in [0.4, 0.5) is 5.69 Å². The second kappa shape index (κ2) is 11.3. The van der Waals surface area contributed by atoms with Crippen LogP contribution in [0.15, 0.2) is 64.5 Å². The summed E-state index contributed by atoms with van der Waals surface area (Å²) in [7, 11) is -5.29. The van der Waals surface area contributed by atoms with E-state index in [4.69, 9.17) is 27.9 Å². The van der Waals surface area contributed by atoms with Crippen molar-refractivity contribution in [2.45, 2.75) is 40.7 Å². The van der Waals surface area contributed by atoms with Gasteiger partial charge in [0.25, 0.3) is 0 Å².